The number of carbonyl (C=O) groups excluding carboxylic acids is 1. The number of amides is 1. The number of benzene rings is 1. The molecule has 0 spiro atoms. The van der Waals surface area contributed by atoms with Gasteiger partial charge in [-0.1, -0.05) is 11.3 Å². The molecule has 0 aliphatic carbocycles. The molecule has 0 saturated carbocycles. The summed E-state index contributed by atoms with van der Waals surface area (Å²) in [5.41, 5.74) is 2.39. The van der Waals surface area contributed by atoms with Crippen LogP contribution in [0.15, 0.2) is 66.3 Å². The van der Waals surface area contributed by atoms with E-state index >= 15 is 0 Å². The zero-order chi connectivity index (χ0) is 20.1. The summed E-state index contributed by atoms with van der Waals surface area (Å²) in [6.45, 7) is 0.529. The number of pyridine rings is 1. The number of carbonyl (C=O) groups is 1. The lowest BCUT2D eigenvalue weighted by molar-refractivity contribution is 0.0950. The van der Waals surface area contributed by atoms with Gasteiger partial charge in [0.2, 0.25) is 0 Å². The molecule has 3 heterocycles. The van der Waals surface area contributed by atoms with Gasteiger partial charge in [0.15, 0.2) is 5.69 Å². The van der Waals surface area contributed by atoms with Gasteiger partial charge in [0.1, 0.15) is 11.4 Å². The Kier molecular flexibility index (Phi) is 5.62. The van der Waals surface area contributed by atoms with Gasteiger partial charge in [-0.25, -0.2) is 4.68 Å². The summed E-state index contributed by atoms with van der Waals surface area (Å²) >= 11 is 1.67. The summed E-state index contributed by atoms with van der Waals surface area (Å²) in [7, 11) is 1.62. The zero-order valence-electron chi connectivity index (χ0n) is 15.8. The fraction of sp³-hybridized carbons (Fsp3) is 0.143. The molecule has 0 atom stereocenters. The smallest absolute Gasteiger partial charge is 0.274 e. The first-order valence-corrected chi connectivity index (χ1v) is 9.95. The quantitative estimate of drug-likeness (QED) is 0.510. The highest BCUT2D eigenvalue weighted by Gasteiger charge is 2.22. The van der Waals surface area contributed by atoms with Crippen molar-refractivity contribution in [2.75, 3.05) is 13.7 Å². The fourth-order valence-electron chi connectivity index (χ4n) is 2.94. The molecule has 146 valence electrons. The summed E-state index contributed by atoms with van der Waals surface area (Å²) in [5, 5.41) is 13.4. The predicted molar refractivity (Wildman–Crippen MR) is 111 cm³/mol. The average Bonchev–Trinajstić information content (AvgIpc) is 3.44. The molecule has 1 amide bonds. The van der Waals surface area contributed by atoms with Crippen LogP contribution in [-0.4, -0.2) is 39.5 Å². The highest BCUT2D eigenvalue weighted by molar-refractivity contribution is 7.09. The van der Waals surface area contributed by atoms with Crippen molar-refractivity contribution in [1.29, 1.82) is 0 Å². The maximum absolute atomic E-state index is 12.8. The molecule has 0 aliphatic heterocycles. The molecule has 0 aliphatic rings. The molecule has 29 heavy (non-hydrogen) atoms. The molecular formula is C21H19N5O2S. The SMILES string of the molecule is COc1ccc(-n2nnc(C(=O)NCCc3cccs3)c2-c2cccnc2)cc1. The fourth-order valence-corrected chi connectivity index (χ4v) is 3.65. The van der Waals surface area contributed by atoms with Crippen LogP contribution in [0.4, 0.5) is 0 Å². The van der Waals surface area contributed by atoms with Crippen LogP contribution in [-0.2, 0) is 6.42 Å². The standard InChI is InChI=1S/C21H19N5O2S/c1-28-17-8-6-16(7-9-17)26-20(15-4-2-11-22-14-15)19(24-25-26)21(27)23-12-10-18-5-3-13-29-18/h2-9,11,13-14H,10,12H2,1H3,(H,23,27). The summed E-state index contributed by atoms with van der Waals surface area (Å²) in [5.74, 6) is 0.475. The molecule has 0 radical (unpaired) electrons. The normalized spacial score (nSPS) is 10.7. The van der Waals surface area contributed by atoms with Gasteiger partial charge in [0.25, 0.3) is 5.91 Å². The van der Waals surface area contributed by atoms with Gasteiger partial charge in [-0.2, -0.15) is 0 Å². The van der Waals surface area contributed by atoms with Crippen molar-refractivity contribution < 1.29 is 9.53 Å². The van der Waals surface area contributed by atoms with E-state index < -0.39 is 0 Å². The first-order valence-electron chi connectivity index (χ1n) is 9.07. The van der Waals surface area contributed by atoms with E-state index in [0.717, 1.165) is 23.4 Å². The number of hydrogen-bond donors (Lipinski definition) is 1. The van der Waals surface area contributed by atoms with Crippen LogP contribution in [0.2, 0.25) is 0 Å². The first-order chi connectivity index (χ1) is 14.3. The van der Waals surface area contributed by atoms with Crippen LogP contribution < -0.4 is 10.1 Å². The molecule has 0 bridgehead atoms. The molecule has 1 N–H and O–H groups in total. The van der Waals surface area contributed by atoms with Crippen molar-refractivity contribution in [3.05, 3.63) is 76.9 Å². The third kappa shape index (κ3) is 4.17. The van der Waals surface area contributed by atoms with E-state index in [0.29, 0.717) is 12.2 Å². The minimum Gasteiger partial charge on any atom is -0.497 e. The van der Waals surface area contributed by atoms with E-state index in [9.17, 15) is 4.79 Å². The van der Waals surface area contributed by atoms with Crippen molar-refractivity contribution in [2.24, 2.45) is 0 Å². The third-order valence-corrected chi connectivity index (χ3v) is 5.31. The minimum absolute atomic E-state index is 0.264. The second kappa shape index (κ2) is 8.66. The first kappa shape index (κ1) is 18.8. The van der Waals surface area contributed by atoms with E-state index in [1.54, 1.807) is 35.5 Å². The summed E-state index contributed by atoms with van der Waals surface area (Å²) < 4.78 is 6.86. The topological polar surface area (TPSA) is 81.9 Å². The van der Waals surface area contributed by atoms with Gasteiger partial charge in [-0.15, -0.1) is 16.4 Å². The van der Waals surface area contributed by atoms with Gasteiger partial charge < -0.3 is 10.1 Å². The van der Waals surface area contributed by atoms with Crippen molar-refractivity contribution in [3.8, 4) is 22.7 Å². The van der Waals surface area contributed by atoms with Crippen LogP contribution in [0.1, 0.15) is 15.4 Å². The summed E-state index contributed by atoms with van der Waals surface area (Å²) in [6, 6.07) is 15.2. The van der Waals surface area contributed by atoms with E-state index in [1.165, 1.54) is 4.88 Å². The number of nitrogens with one attached hydrogen (secondary N) is 1. The number of nitrogens with zero attached hydrogens (tertiary/aromatic N) is 4. The van der Waals surface area contributed by atoms with Gasteiger partial charge in [-0.05, 0) is 54.3 Å². The van der Waals surface area contributed by atoms with Gasteiger partial charge in [0, 0.05) is 29.4 Å². The van der Waals surface area contributed by atoms with Crippen molar-refractivity contribution in [1.82, 2.24) is 25.3 Å². The maximum atomic E-state index is 12.8. The second-order valence-electron chi connectivity index (χ2n) is 6.22. The van der Waals surface area contributed by atoms with Crippen LogP contribution in [0.5, 0.6) is 5.75 Å². The van der Waals surface area contributed by atoms with E-state index in [4.69, 9.17) is 4.74 Å². The highest BCUT2D eigenvalue weighted by atomic mass is 32.1. The third-order valence-electron chi connectivity index (χ3n) is 4.37. The van der Waals surface area contributed by atoms with Crippen LogP contribution in [0, 0.1) is 0 Å². The number of rotatable bonds is 7. The molecule has 8 heteroatoms. The van der Waals surface area contributed by atoms with Crippen molar-refractivity contribution in [3.63, 3.8) is 0 Å². The zero-order valence-corrected chi connectivity index (χ0v) is 16.6. The monoisotopic (exact) mass is 405 g/mol. The Hall–Kier alpha value is -3.52. The Balaban J connectivity index is 1.64. The Bertz CT molecular complexity index is 1080. The Morgan fingerprint density at radius 1 is 1.17 bits per heavy atom. The lowest BCUT2D eigenvalue weighted by Gasteiger charge is -2.09. The lowest BCUT2D eigenvalue weighted by atomic mass is 10.1. The molecule has 0 unspecified atom stereocenters. The largest absolute Gasteiger partial charge is 0.497 e. The molecule has 3 aromatic heterocycles. The molecule has 0 saturated heterocycles. The minimum atomic E-state index is -0.264. The van der Waals surface area contributed by atoms with Crippen LogP contribution >= 0.6 is 11.3 Å². The number of ether oxygens (including phenoxy) is 1. The number of methoxy groups -OCH3 is 1. The Morgan fingerprint density at radius 2 is 2.03 bits per heavy atom. The van der Waals surface area contributed by atoms with Gasteiger partial charge in [0.05, 0.1) is 12.8 Å². The average molecular weight is 405 g/mol. The van der Waals surface area contributed by atoms with Gasteiger partial charge in [-0.3, -0.25) is 9.78 Å². The molecule has 0 fully saturated rings. The molecule has 4 rings (SSSR count). The van der Waals surface area contributed by atoms with E-state index in [1.807, 2.05) is 47.8 Å². The predicted octanol–water partition coefficient (Wildman–Crippen LogP) is 3.37. The lowest BCUT2D eigenvalue weighted by Crippen LogP contribution is -2.26. The summed E-state index contributed by atoms with van der Waals surface area (Å²) in [6.07, 6.45) is 4.16. The Labute approximate surface area is 172 Å². The second-order valence-corrected chi connectivity index (χ2v) is 7.26. The van der Waals surface area contributed by atoms with E-state index in [-0.39, 0.29) is 11.6 Å². The molecular weight excluding hydrogens is 386 g/mol. The van der Waals surface area contributed by atoms with Crippen molar-refractivity contribution >= 4 is 17.2 Å². The highest BCUT2D eigenvalue weighted by Crippen LogP contribution is 2.25. The number of thiophene rings is 1. The number of aromatic nitrogens is 4. The maximum Gasteiger partial charge on any atom is 0.274 e. The van der Waals surface area contributed by atoms with Crippen LogP contribution in [0.25, 0.3) is 16.9 Å². The summed E-state index contributed by atoms with van der Waals surface area (Å²) in [4.78, 5) is 18.3. The molecule has 7 nitrogen and oxygen atoms in total. The van der Waals surface area contributed by atoms with Crippen LogP contribution in [0.3, 0.4) is 0 Å². The van der Waals surface area contributed by atoms with Crippen molar-refractivity contribution in [2.45, 2.75) is 6.42 Å². The van der Waals surface area contributed by atoms with E-state index in [2.05, 4.69) is 26.7 Å². The molecule has 4 aromatic rings. The number of hydrogen-bond acceptors (Lipinski definition) is 6. The molecule has 1 aromatic carbocycles. The Morgan fingerprint density at radius 3 is 2.72 bits per heavy atom. The van der Waals surface area contributed by atoms with Gasteiger partial charge >= 0.3 is 0 Å².